The fourth-order valence-corrected chi connectivity index (χ4v) is 8.89. The Labute approximate surface area is 236 Å². The second-order valence-electron chi connectivity index (χ2n) is 12.7. The van der Waals surface area contributed by atoms with Crippen molar-refractivity contribution in [1.82, 2.24) is 14.7 Å². The second-order valence-corrected chi connectivity index (χ2v) is 14.2. The van der Waals surface area contributed by atoms with Crippen molar-refractivity contribution in [2.75, 3.05) is 19.7 Å². The average Bonchev–Trinajstić information content (AvgIpc) is 3.20. The number of benzene rings is 1. The molecule has 5 rings (SSSR count). The van der Waals surface area contributed by atoms with E-state index in [4.69, 9.17) is 0 Å². The minimum Gasteiger partial charge on any atom is -0.394 e. The van der Waals surface area contributed by atoms with Crippen LogP contribution in [0.4, 0.5) is 0 Å². The lowest BCUT2D eigenvalue weighted by Gasteiger charge is -2.42. The first-order chi connectivity index (χ1) is 18.5. The number of aliphatic hydroxyl groups is 1. The summed E-state index contributed by atoms with van der Waals surface area (Å²) < 4.78 is -0.871. The Kier molecular flexibility index (Phi) is 7.48. The standard InChI is InChI=1S/C31H41N3O4S/c1-20(2)17-22(19-35)34-26-29(38)33(30(3,4)5)16-10-14-31(26)25(28(34)37)24-23(39-31)13-9-15-32(27(24)36)18-21-11-7-6-8-12-21/h6-14,20,22-26,35H,15-19H2,1-5H3/t22-,23+,24-,25+,26?,31+/m1/s1. The number of rotatable bonds is 6. The van der Waals surface area contributed by atoms with Gasteiger partial charge in [0.05, 0.1) is 29.2 Å². The highest BCUT2D eigenvalue weighted by Crippen LogP contribution is 2.61. The lowest BCUT2D eigenvalue weighted by molar-refractivity contribution is -0.149. The van der Waals surface area contributed by atoms with Gasteiger partial charge in [-0.05, 0) is 38.7 Å². The van der Waals surface area contributed by atoms with Gasteiger partial charge in [-0.1, -0.05) is 68.5 Å². The number of carbonyl (C=O) groups is 3. The zero-order valence-electron chi connectivity index (χ0n) is 23.6. The Hall–Kier alpha value is -2.58. The number of amides is 3. The van der Waals surface area contributed by atoms with Crippen LogP contribution in [-0.2, 0) is 20.9 Å². The zero-order valence-corrected chi connectivity index (χ0v) is 24.4. The number of thioether (sulfide) groups is 1. The molecule has 8 heteroatoms. The molecule has 0 radical (unpaired) electrons. The Morgan fingerprint density at radius 1 is 1.03 bits per heavy atom. The number of nitrogens with zero attached hydrogens (tertiary/aromatic N) is 3. The minimum absolute atomic E-state index is 0.0423. The first-order valence-corrected chi connectivity index (χ1v) is 15.0. The molecular formula is C31H41N3O4S. The largest absolute Gasteiger partial charge is 0.394 e. The van der Waals surface area contributed by atoms with Crippen LogP contribution in [-0.4, -0.2) is 84.8 Å². The third kappa shape index (κ3) is 4.73. The van der Waals surface area contributed by atoms with Crippen LogP contribution in [0, 0.1) is 17.8 Å². The molecule has 0 aliphatic carbocycles. The molecule has 1 spiro atoms. The normalized spacial score (nSPS) is 31.4. The summed E-state index contributed by atoms with van der Waals surface area (Å²) in [5.74, 6) is -1.35. The Morgan fingerprint density at radius 2 is 1.74 bits per heavy atom. The van der Waals surface area contributed by atoms with E-state index in [0.717, 1.165) is 5.56 Å². The number of aliphatic hydroxyl groups excluding tert-OH is 1. The van der Waals surface area contributed by atoms with E-state index in [0.29, 0.717) is 26.1 Å². The van der Waals surface area contributed by atoms with Gasteiger partial charge in [-0.15, -0.1) is 11.8 Å². The quantitative estimate of drug-likeness (QED) is 0.548. The summed E-state index contributed by atoms with van der Waals surface area (Å²) in [5.41, 5.74) is 0.598. The maximum absolute atomic E-state index is 14.5. The van der Waals surface area contributed by atoms with Gasteiger partial charge in [-0.25, -0.2) is 0 Å². The van der Waals surface area contributed by atoms with Crippen molar-refractivity contribution in [2.24, 2.45) is 17.8 Å². The number of hydrogen-bond acceptors (Lipinski definition) is 5. The van der Waals surface area contributed by atoms with Gasteiger partial charge >= 0.3 is 0 Å². The molecule has 1 aromatic rings. The smallest absolute Gasteiger partial charge is 0.247 e. The number of likely N-dealkylation sites (tertiary alicyclic amines) is 1. The van der Waals surface area contributed by atoms with Crippen molar-refractivity contribution < 1.29 is 19.5 Å². The molecule has 1 unspecified atom stereocenters. The highest BCUT2D eigenvalue weighted by molar-refractivity contribution is 8.02. The molecule has 1 aromatic carbocycles. The summed E-state index contributed by atoms with van der Waals surface area (Å²) >= 11 is 1.59. The van der Waals surface area contributed by atoms with E-state index in [1.807, 2.05) is 73.1 Å². The maximum Gasteiger partial charge on any atom is 0.247 e. The minimum atomic E-state index is -0.871. The molecule has 6 atom stereocenters. The topological polar surface area (TPSA) is 81.2 Å². The van der Waals surface area contributed by atoms with E-state index < -0.39 is 34.2 Å². The summed E-state index contributed by atoms with van der Waals surface area (Å²) in [5, 5.41) is 10.3. The molecule has 39 heavy (non-hydrogen) atoms. The third-order valence-corrected chi connectivity index (χ3v) is 10.3. The lowest BCUT2D eigenvalue weighted by Crippen LogP contribution is -2.59. The molecule has 2 saturated heterocycles. The molecule has 7 nitrogen and oxygen atoms in total. The summed E-state index contributed by atoms with van der Waals surface area (Å²) in [4.78, 5) is 48.5. The van der Waals surface area contributed by atoms with Crippen LogP contribution in [0.25, 0.3) is 0 Å². The molecule has 0 bridgehead atoms. The predicted molar refractivity (Wildman–Crippen MR) is 154 cm³/mol. The average molecular weight is 552 g/mol. The molecular weight excluding hydrogens is 510 g/mol. The Bertz CT molecular complexity index is 1180. The van der Waals surface area contributed by atoms with E-state index in [2.05, 4.69) is 26.0 Å². The highest BCUT2D eigenvalue weighted by atomic mass is 32.2. The number of fused-ring (bicyclic) bond motifs is 2. The number of carbonyl (C=O) groups excluding carboxylic acids is 3. The van der Waals surface area contributed by atoms with E-state index in [-0.39, 0.29) is 35.5 Å². The summed E-state index contributed by atoms with van der Waals surface area (Å²) in [6.07, 6.45) is 8.75. The van der Waals surface area contributed by atoms with Crippen LogP contribution >= 0.6 is 11.8 Å². The summed E-state index contributed by atoms with van der Waals surface area (Å²) in [6, 6.07) is 8.64. The SMILES string of the molecule is CC(C)C[C@H](CO)N1C(=O)[C@@H]2[C@@H]3C(=O)N(Cc4ccccc4)CC=C[C@@H]3S[C@@]23C=CCN(C(C)(C)C)C(=O)C13. The fraction of sp³-hybridized carbons (Fsp3) is 0.581. The maximum atomic E-state index is 14.5. The van der Waals surface area contributed by atoms with E-state index in [9.17, 15) is 19.5 Å². The van der Waals surface area contributed by atoms with Crippen molar-refractivity contribution in [3.8, 4) is 0 Å². The molecule has 0 saturated carbocycles. The Morgan fingerprint density at radius 3 is 2.38 bits per heavy atom. The molecule has 1 N–H and O–H groups in total. The zero-order chi connectivity index (χ0) is 28.1. The van der Waals surface area contributed by atoms with Gasteiger partial charge in [0.25, 0.3) is 0 Å². The van der Waals surface area contributed by atoms with Gasteiger partial charge in [-0.3, -0.25) is 14.4 Å². The molecule has 210 valence electrons. The number of hydrogen-bond donors (Lipinski definition) is 1. The predicted octanol–water partition coefficient (Wildman–Crippen LogP) is 3.49. The van der Waals surface area contributed by atoms with Gasteiger partial charge in [0.1, 0.15) is 6.04 Å². The van der Waals surface area contributed by atoms with Crippen LogP contribution in [0.3, 0.4) is 0 Å². The lowest BCUT2D eigenvalue weighted by atomic mass is 9.78. The van der Waals surface area contributed by atoms with Gasteiger partial charge < -0.3 is 19.8 Å². The fourth-order valence-electron chi connectivity index (χ4n) is 6.89. The van der Waals surface area contributed by atoms with Crippen molar-refractivity contribution in [2.45, 2.75) is 75.2 Å². The first-order valence-electron chi connectivity index (χ1n) is 14.1. The summed E-state index contributed by atoms with van der Waals surface area (Å²) in [7, 11) is 0. The molecule has 3 amide bonds. The van der Waals surface area contributed by atoms with E-state index in [1.54, 1.807) is 16.7 Å². The van der Waals surface area contributed by atoms with Crippen LogP contribution in [0.5, 0.6) is 0 Å². The first kappa shape index (κ1) is 28.0. The van der Waals surface area contributed by atoms with Gasteiger partial charge in [0.2, 0.25) is 17.7 Å². The monoisotopic (exact) mass is 551 g/mol. The van der Waals surface area contributed by atoms with Crippen molar-refractivity contribution in [3.05, 3.63) is 60.2 Å². The van der Waals surface area contributed by atoms with Gasteiger partial charge in [-0.2, -0.15) is 0 Å². The second kappa shape index (κ2) is 10.4. The van der Waals surface area contributed by atoms with E-state index in [1.165, 1.54) is 0 Å². The molecule has 0 aromatic heterocycles. The molecule has 4 aliphatic rings. The van der Waals surface area contributed by atoms with Crippen LogP contribution in [0.2, 0.25) is 0 Å². The van der Waals surface area contributed by atoms with Crippen LogP contribution < -0.4 is 0 Å². The van der Waals surface area contributed by atoms with Crippen molar-refractivity contribution >= 4 is 29.5 Å². The van der Waals surface area contributed by atoms with Crippen LogP contribution in [0.15, 0.2) is 54.6 Å². The molecule has 2 fully saturated rings. The van der Waals surface area contributed by atoms with E-state index >= 15 is 0 Å². The van der Waals surface area contributed by atoms with Gasteiger partial charge in [0.15, 0.2) is 0 Å². The third-order valence-electron chi connectivity index (χ3n) is 8.55. The van der Waals surface area contributed by atoms with Gasteiger partial charge in [0, 0.05) is 30.4 Å². The molecule has 4 heterocycles. The Balaban J connectivity index is 1.59. The molecule has 4 aliphatic heterocycles. The van der Waals surface area contributed by atoms with Crippen LogP contribution in [0.1, 0.15) is 46.6 Å². The van der Waals surface area contributed by atoms with Crippen molar-refractivity contribution in [3.63, 3.8) is 0 Å². The highest BCUT2D eigenvalue weighted by Gasteiger charge is 2.72. The van der Waals surface area contributed by atoms with Crippen molar-refractivity contribution in [1.29, 1.82) is 0 Å². The summed E-state index contributed by atoms with van der Waals surface area (Å²) in [6.45, 7) is 11.3.